The van der Waals surface area contributed by atoms with E-state index in [1.54, 1.807) is 6.92 Å². The summed E-state index contributed by atoms with van der Waals surface area (Å²) >= 11 is 0. The highest BCUT2D eigenvalue weighted by atomic mass is 16.4. The van der Waals surface area contributed by atoms with Gasteiger partial charge in [-0.3, -0.25) is 4.79 Å². The molecule has 0 saturated heterocycles. The van der Waals surface area contributed by atoms with Crippen molar-refractivity contribution in [3.63, 3.8) is 0 Å². The molecule has 28 heavy (non-hydrogen) atoms. The van der Waals surface area contributed by atoms with Crippen molar-refractivity contribution >= 4 is 5.91 Å². The molecule has 3 rings (SSSR count). The van der Waals surface area contributed by atoms with Crippen molar-refractivity contribution in [2.75, 3.05) is 20.6 Å². The Labute approximate surface area is 166 Å². The summed E-state index contributed by atoms with van der Waals surface area (Å²) in [4.78, 5) is 19.2. The lowest BCUT2D eigenvalue weighted by molar-refractivity contribution is 0.0936. The van der Waals surface area contributed by atoms with E-state index in [0.717, 1.165) is 12.0 Å². The first-order valence-electron chi connectivity index (χ1n) is 9.56. The molecule has 1 amide bonds. The molecule has 1 aromatic heterocycles. The number of amides is 1. The molecule has 0 radical (unpaired) electrons. The van der Waals surface area contributed by atoms with Gasteiger partial charge in [-0.05, 0) is 50.7 Å². The molecule has 1 heterocycles. The van der Waals surface area contributed by atoms with Crippen LogP contribution in [0.3, 0.4) is 0 Å². The molecule has 0 saturated carbocycles. The zero-order valence-corrected chi connectivity index (χ0v) is 16.9. The van der Waals surface area contributed by atoms with Crippen LogP contribution in [0.4, 0.5) is 0 Å². The molecule has 146 valence electrons. The van der Waals surface area contributed by atoms with E-state index >= 15 is 0 Å². The zero-order chi connectivity index (χ0) is 20.1. The van der Waals surface area contributed by atoms with Crippen LogP contribution in [0.2, 0.25) is 0 Å². The van der Waals surface area contributed by atoms with E-state index in [0.29, 0.717) is 23.9 Å². The monoisotopic (exact) mass is 377 g/mol. The fraction of sp³-hybridized carbons (Fsp3) is 0.304. The molecule has 0 spiro atoms. The van der Waals surface area contributed by atoms with Gasteiger partial charge in [-0.25, -0.2) is 4.98 Å². The Bertz CT molecular complexity index is 915. The number of hydrogen-bond donors (Lipinski definition) is 1. The normalized spacial score (nSPS) is 12.2. The van der Waals surface area contributed by atoms with Crippen LogP contribution in [-0.2, 0) is 6.42 Å². The number of aryl methyl sites for hydroxylation is 2. The number of nitrogens with zero attached hydrogens (tertiary/aromatic N) is 2. The molecule has 1 N–H and O–H groups in total. The van der Waals surface area contributed by atoms with Crippen LogP contribution >= 0.6 is 0 Å². The maximum atomic E-state index is 12.7. The third-order valence-electron chi connectivity index (χ3n) is 4.88. The molecular weight excluding hydrogens is 350 g/mol. The highest BCUT2D eigenvalue weighted by Gasteiger charge is 2.20. The standard InChI is InChI=1S/C23H27N3O2/c1-5-17-11-13-18(14-12-17)20(26(3)4)15-24-22(27)21-16(2)28-23(25-21)19-9-7-6-8-10-19/h6-14,20H,5,15H2,1-4H3,(H,24,27). The summed E-state index contributed by atoms with van der Waals surface area (Å²) in [6.07, 6.45) is 1.01. The molecule has 1 atom stereocenters. The Morgan fingerprint density at radius 1 is 1.11 bits per heavy atom. The van der Waals surface area contributed by atoms with E-state index in [2.05, 4.69) is 46.4 Å². The maximum absolute atomic E-state index is 12.7. The van der Waals surface area contributed by atoms with E-state index < -0.39 is 0 Å². The lowest BCUT2D eigenvalue weighted by Gasteiger charge is -2.25. The Morgan fingerprint density at radius 3 is 2.39 bits per heavy atom. The molecule has 0 bridgehead atoms. The number of carbonyl (C=O) groups is 1. The second-order valence-electron chi connectivity index (χ2n) is 7.07. The van der Waals surface area contributed by atoms with E-state index in [4.69, 9.17) is 4.42 Å². The summed E-state index contributed by atoms with van der Waals surface area (Å²) in [6.45, 7) is 4.40. The van der Waals surface area contributed by atoms with Gasteiger partial charge in [0.1, 0.15) is 5.76 Å². The minimum atomic E-state index is -0.222. The largest absolute Gasteiger partial charge is 0.441 e. The fourth-order valence-corrected chi connectivity index (χ4v) is 3.16. The highest BCUT2D eigenvalue weighted by Crippen LogP contribution is 2.22. The van der Waals surface area contributed by atoms with Crippen LogP contribution in [0.15, 0.2) is 59.0 Å². The molecule has 0 fully saturated rings. The summed E-state index contributed by atoms with van der Waals surface area (Å²) in [5.41, 5.74) is 3.66. The lowest BCUT2D eigenvalue weighted by Crippen LogP contribution is -2.35. The Balaban J connectivity index is 1.72. The Hall–Kier alpha value is -2.92. The average Bonchev–Trinajstić information content (AvgIpc) is 3.10. The van der Waals surface area contributed by atoms with Gasteiger partial charge < -0.3 is 14.6 Å². The molecule has 3 aromatic rings. The molecule has 0 aliphatic heterocycles. The summed E-state index contributed by atoms with van der Waals surface area (Å²) < 4.78 is 5.70. The molecular formula is C23H27N3O2. The summed E-state index contributed by atoms with van der Waals surface area (Å²) in [6, 6.07) is 18.2. The van der Waals surface area contributed by atoms with Gasteiger partial charge in [0, 0.05) is 12.1 Å². The first kappa shape index (κ1) is 19.8. The van der Waals surface area contributed by atoms with Crippen LogP contribution < -0.4 is 5.32 Å². The lowest BCUT2D eigenvalue weighted by atomic mass is 10.0. The van der Waals surface area contributed by atoms with Crippen molar-refractivity contribution < 1.29 is 9.21 Å². The van der Waals surface area contributed by atoms with E-state index in [-0.39, 0.29) is 11.9 Å². The molecule has 5 heteroatoms. The summed E-state index contributed by atoms with van der Waals surface area (Å²) in [5.74, 6) is 0.757. The number of nitrogens with one attached hydrogen (secondary N) is 1. The zero-order valence-electron chi connectivity index (χ0n) is 16.9. The van der Waals surface area contributed by atoms with Gasteiger partial charge >= 0.3 is 0 Å². The van der Waals surface area contributed by atoms with Crippen LogP contribution in [0.5, 0.6) is 0 Å². The fourth-order valence-electron chi connectivity index (χ4n) is 3.16. The van der Waals surface area contributed by atoms with Gasteiger partial charge in [-0.2, -0.15) is 0 Å². The topological polar surface area (TPSA) is 58.4 Å². The third-order valence-corrected chi connectivity index (χ3v) is 4.88. The van der Waals surface area contributed by atoms with Crippen molar-refractivity contribution in [2.24, 2.45) is 0 Å². The Kier molecular flexibility index (Phi) is 6.26. The van der Waals surface area contributed by atoms with E-state index in [1.165, 1.54) is 11.1 Å². The number of likely N-dealkylation sites (N-methyl/N-ethyl adjacent to an activating group) is 1. The number of aromatic nitrogens is 1. The number of rotatable bonds is 7. The first-order valence-corrected chi connectivity index (χ1v) is 9.56. The Morgan fingerprint density at radius 2 is 1.79 bits per heavy atom. The quantitative estimate of drug-likeness (QED) is 0.669. The van der Waals surface area contributed by atoms with Crippen molar-refractivity contribution in [2.45, 2.75) is 26.3 Å². The third kappa shape index (κ3) is 4.49. The van der Waals surface area contributed by atoms with Crippen LogP contribution in [-0.4, -0.2) is 36.4 Å². The van der Waals surface area contributed by atoms with Crippen LogP contribution in [0.1, 0.15) is 40.3 Å². The average molecular weight is 377 g/mol. The number of carbonyl (C=O) groups excluding carboxylic acids is 1. The van der Waals surface area contributed by atoms with E-state index in [9.17, 15) is 4.79 Å². The number of oxazole rings is 1. The van der Waals surface area contributed by atoms with Gasteiger partial charge in [0.05, 0.1) is 6.04 Å². The van der Waals surface area contributed by atoms with Crippen LogP contribution in [0.25, 0.3) is 11.5 Å². The maximum Gasteiger partial charge on any atom is 0.273 e. The minimum absolute atomic E-state index is 0.0793. The minimum Gasteiger partial charge on any atom is -0.441 e. The van der Waals surface area contributed by atoms with Gasteiger partial charge in [0.25, 0.3) is 5.91 Å². The predicted octanol–water partition coefficient (Wildman–Crippen LogP) is 4.25. The molecule has 2 aromatic carbocycles. The first-order chi connectivity index (χ1) is 13.5. The van der Waals surface area contributed by atoms with Gasteiger partial charge in [-0.1, -0.05) is 49.4 Å². The van der Waals surface area contributed by atoms with Crippen molar-refractivity contribution in [1.82, 2.24) is 15.2 Å². The van der Waals surface area contributed by atoms with Crippen molar-refractivity contribution in [3.8, 4) is 11.5 Å². The van der Waals surface area contributed by atoms with Gasteiger partial charge in [0.2, 0.25) is 5.89 Å². The summed E-state index contributed by atoms with van der Waals surface area (Å²) in [7, 11) is 4.03. The summed E-state index contributed by atoms with van der Waals surface area (Å²) in [5, 5.41) is 3.01. The SMILES string of the molecule is CCc1ccc(C(CNC(=O)c2nc(-c3ccccc3)oc2C)N(C)C)cc1. The second-order valence-corrected chi connectivity index (χ2v) is 7.07. The smallest absolute Gasteiger partial charge is 0.273 e. The van der Waals surface area contributed by atoms with Gasteiger partial charge in [0.15, 0.2) is 5.69 Å². The molecule has 0 aliphatic rings. The van der Waals surface area contributed by atoms with Gasteiger partial charge in [-0.15, -0.1) is 0 Å². The van der Waals surface area contributed by atoms with E-state index in [1.807, 2.05) is 44.4 Å². The molecule has 5 nitrogen and oxygen atoms in total. The molecule has 1 unspecified atom stereocenters. The van der Waals surface area contributed by atoms with Crippen LogP contribution in [0, 0.1) is 6.92 Å². The van der Waals surface area contributed by atoms with Crippen molar-refractivity contribution in [3.05, 3.63) is 77.2 Å². The predicted molar refractivity (Wildman–Crippen MR) is 111 cm³/mol. The second kappa shape index (κ2) is 8.85. The number of hydrogen-bond acceptors (Lipinski definition) is 4. The number of benzene rings is 2. The van der Waals surface area contributed by atoms with Crippen molar-refractivity contribution in [1.29, 1.82) is 0 Å². The highest BCUT2D eigenvalue weighted by molar-refractivity contribution is 5.93. The molecule has 0 aliphatic carbocycles.